The summed E-state index contributed by atoms with van der Waals surface area (Å²) in [5.74, 6) is 0.148. The quantitative estimate of drug-likeness (QED) is 0.861. The number of nitriles is 1. The number of primary amides is 1. The van der Waals surface area contributed by atoms with Crippen molar-refractivity contribution in [2.24, 2.45) is 5.73 Å². The number of hydrogen-bond acceptors (Lipinski definition) is 4. The molecule has 19 heavy (non-hydrogen) atoms. The molecule has 2 aromatic rings. The maximum absolute atomic E-state index is 10.9. The molecule has 0 bridgehead atoms. The van der Waals surface area contributed by atoms with Crippen molar-refractivity contribution in [1.29, 1.82) is 5.26 Å². The predicted molar refractivity (Wildman–Crippen MR) is 67.4 cm³/mol. The zero-order valence-corrected chi connectivity index (χ0v) is 10.1. The van der Waals surface area contributed by atoms with Crippen molar-refractivity contribution in [3.8, 4) is 11.8 Å². The second-order valence-electron chi connectivity index (χ2n) is 3.88. The van der Waals surface area contributed by atoms with Gasteiger partial charge >= 0.3 is 0 Å². The molecule has 0 atom stereocenters. The maximum Gasteiger partial charge on any atom is 0.251 e. The van der Waals surface area contributed by atoms with Gasteiger partial charge in [-0.05, 0) is 17.7 Å². The van der Waals surface area contributed by atoms with Gasteiger partial charge in [-0.3, -0.25) is 9.48 Å². The number of rotatable bonds is 5. The summed E-state index contributed by atoms with van der Waals surface area (Å²) in [4.78, 5) is 10.9. The molecule has 0 saturated carbocycles. The lowest BCUT2D eigenvalue weighted by Gasteiger charge is -2.04. The van der Waals surface area contributed by atoms with Gasteiger partial charge < -0.3 is 10.5 Å². The number of amides is 1. The molecule has 6 nitrogen and oxygen atoms in total. The molecule has 0 spiro atoms. The summed E-state index contributed by atoms with van der Waals surface area (Å²) in [5.41, 5.74) is 6.54. The van der Waals surface area contributed by atoms with Crippen molar-refractivity contribution in [1.82, 2.24) is 9.78 Å². The van der Waals surface area contributed by atoms with Gasteiger partial charge in [0.05, 0.1) is 18.3 Å². The van der Waals surface area contributed by atoms with E-state index in [4.69, 9.17) is 15.7 Å². The van der Waals surface area contributed by atoms with Gasteiger partial charge in [0.1, 0.15) is 11.8 Å². The minimum Gasteiger partial charge on any atom is -0.479 e. The van der Waals surface area contributed by atoms with Crippen LogP contribution in [0, 0.1) is 11.3 Å². The van der Waals surface area contributed by atoms with Crippen molar-refractivity contribution in [2.45, 2.75) is 6.54 Å². The van der Waals surface area contributed by atoms with Gasteiger partial charge in [0.2, 0.25) is 0 Å². The minimum absolute atomic E-state index is 0.0282. The van der Waals surface area contributed by atoms with Crippen LogP contribution < -0.4 is 10.5 Å². The van der Waals surface area contributed by atoms with E-state index in [1.165, 1.54) is 6.20 Å². The lowest BCUT2D eigenvalue weighted by molar-refractivity contribution is 0.1000. The van der Waals surface area contributed by atoms with Crippen molar-refractivity contribution in [2.75, 3.05) is 6.61 Å². The van der Waals surface area contributed by atoms with Crippen LogP contribution in [0.15, 0.2) is 36.7 Å². The van der Waals surface area contributed by atoms with Gasteiger partial charge in [-0.1, -0.05) is 12.1 Å². The van der Waals surface area contributed by atoms with Crippen LogP contribution in [-0.4, -0.2) is 22.3 Å². The summed E-state index contributed by atoms with van der Waals surface area (Å²) in [6, 6.07) is 9.22. The van der Waals surface area contributed by atoms with Gasteiger partial charge in [0.25, 0.3) is 5.91 Å². The van der Waals surface area contributed by atoms with Crippen LogP contribution >= 0.6 is 0 Å². The molecule has 96 valence electrons. The molecular weight excluding hydrogens is 244 g/mol. The first-order valence-corrected chi connectivity index (χ1v) is 5.60. The molecule has 0 saturated heterocycles. The van der Waals surface area contributed by atoms with Crippen LogP contribution in [-0.2, 0) is 6.54 Å². The van der Waals surface area contributed by atoms with E-state index in [9.17, 15) is 4.79 Å². The molecule has 0 aliphatic carbocycles. The fraction of sp³-hybridized carbons (Fsp3) is 0.154. The van der Waals surface area contributed by atoms with Crippen LogP contribution in [0.25, 0.3) is 0 Å². The van der Waals surface area contributed by atoms with Gasteiger partial charge in [0, 0.05) is 6.20 Å². The Kier molecular flexibility index (Phi) is 3.78. The highest BCUT2D eigenvalue weighted by molar-refractivity contribution is 5.92. The largest absolute Gasteiger partial charge is 0.479 e. The predicted octanol–water partition coefficient (Wildman–Crippen LogP) is 0.933. The van der Waals surface area contributed by atoms with E-state index in [0.717, 1.165) is 5.56 Å². The van der Waals surface area contributed by atoms with E-state index < -0.39 is 5.91 Å². The first-order chi connectivity index (χ1) is 9.19. The van der Waals surface area contributed by atoms with E-state index in [2.05, 4.69) is 5.10 Å². The minimum atomic E-state index is -0.494. The third-order valence-electron chi connectivity index (χ3n) is 2.49. The molecule has 0 fully saturated rings. The van der Waals surface area contributed by atoms with Crippen molar-refractivity contribution < 1.29 is 9.53 Å². The fourth-order valence-corrected chi connectivity index (χ4v) is 1.57. The molecule has 2 rings (SSSR count). The Labute approximate surface area is 110 Å². The highest BCUT2D eigenvalue weighted by Crippen LogP contribution is 2.13. The van der Waals surface area contributed by atoms with Gasteiger partial charge in [-0.15, -0.1) is 0 Å². The molecule has 0 aliphatic heterocycles. The smallest absolute Gasteiger partial charge is 0.251 e. The average molecular weight is 256 g/mol. The Morgan fingerprint density at radius 2 is 2.16 bits per heavy atom. The number of hydrogen-bond donors (Lipinski definition) is 1. The summed E-state index contributed by atoms with van der Waals surface area (Å²) >= 11 is 0. The van der Waals surface area contributed by atoms with E-state index >= 15 is 0 Å². The Hall–Kier alpha value is -2.81. The average Bonchev–Trinajstić information content (AvgIpc) is 2.87. The number of nitrogens with zero attached hydrogens (tertiary/aromatic N) is 3. The fourth-order valence-electron chi connectivity index (χ4n) is 1.57. The summed E-state index contributed by atoms with van der Waals surface area (Å²) in [7, 11) is 0. The molecule has 0 radical (unpaired) electrons. The molecule has 1 aromatic carbocycles. The number of carbonyl (C=O) groups excluding carboxylic acids is 1. The number of ether oxygens (including phenoxy) is 1. The van der Waals surface area contributed by atoms with Crippen LogP contribution in [0.4, 0.5) is 0 Å². The van der Waals surface area contributed by atoms with Gasteiger partial charge in [-0.2, -0.15) is 10.4 Å². The van der Waals surface area contributed by atoms with Crippen LogP contribution in [0.1, 0.15) is 15.9 Å². The van der Waals surface area contributed by atoms with Crippen molar-refractivity contribution in [3.63, 3.8) is 0 Å². The molecule has 1 amide bonds. The zero-order valence-electron chi connectivity index (χ0n) is 10.1. The van der Waals surface area contributed by atoms with E-state index in [1.807, 2.05) is 18.2 Å². The van der Waals surface area contributed by atoms with E-state index in [1.54, 1.807) is 23.0 Å². The zero-order chi connectivity index (χ0) is 13.7. The Morgan fingerprint density at radius 1 is 1.42 bits per heavy atom. The Bertz CT molecular complexity index is 610. The molecule has 1 aromatic heterocycles. The Balaban J connectivity index is 2.02. The summed E-state index contributed by atoms with van der Waals surface area (Å²) in [6.07, 6.45) is 3.04. The molecule has 1 heterocycles. The highest BCUT2D eigenvalue weighted by Gasteiger charge is 2.04. The van der Waals surface area contributed by atoms with Crippen molar-refractivity contribution >= 4 is 5.91 Å². The topological polar surface area (TPSA) is 93.9 Å². The summed E-state index contributed by atoms with van der Waals surface area (Å²) in [5, 5.41) is 12.4. The summed E-state index contributed by atoms with van der Waals surface area (Å²) < 4.78 is 6.78. The van der Waals surface area contributed by atoms with Crippen LogP contribution in [0.2, 0.25) is 0 Å². The van der Waals surface area contributed by atoms with Crippen LogP contribution in [0.5, 0.6) is 5.75 Å². The van der Waals surface area contributed by atoms with E-state index in [-0.39, 0.29) is 6.61 Å². The SMILES string of the molecule is N#CCOc1ccc(Cn2cc(C(N)=O)cn2)cc1. The van der Waals surface area contributed by atoms with Crippen LogP contribution in [0.3, 0.4) is 0 Å². The van der Waals surface area contributed by atoms with Gasteiger partial charge in [0.15, 0.2) is 6.61 Å². The second kappa shape index (κ2) is 5.69. The first kappa shape index (κ1) is 12.6. The number of aromatic nitrogens is 2. The lowest BCUT2D eigenvalue weighted by atomic mass is 10.2. The molecule has 0 aliphatic rings. The maximum atomic E-state index is 10.9. The normalized spacial score (nSPS) is 9.84. The van der Waals surface area contributed by atoms with Crippen molar-refractivity contribution in [3.05, 3.63) is 47.8 Å². The number of nitrogens with two attached hydrogens (primary N) is 1. The highest BCUT2D eigenvalue weighted by atomic mass is 16.5. The second-order valence-corrected chi connectivity index (χ2v) is 3.88. The monoisotopic (exact) mass is 256 g/mol. The number of benzene rings is 1. The lowest BCUT2D eigenvalue weighted by Crippen LogP contribution is -2.09. The Morgan fingerprint density at radius 3 is 2.74 bits per heavy atom. The third-order valence-corrected chi connectivity index (χ3v) is 2.49. The molecule has 0 unspecified atom stereocenters. The van der Waals surface area contributed by atoms with E-state index in [0.29, 0.717) is 17.9 Å². The standard InChI is InChI=1S/C13H12N4O2/c14-5-6-19-12-3-1-10(2-4-12)8-17-9-11(7-16-17)13(15)18/h1-4,7,9H,6,8H2,(H2,15,18). The molecule has 6 heteroatoms. The number of carbonyl (C=O) groups is 1. The van der Waals surface area contributed by atoms with Gasteiger partial charge in [-0.25, -0.2) is 0 Å². The first-order valence-electron chi connectivity index (χ1n) is 5.60. The molecule has 2 N–H and O–H groups in total. The summed E-state index contributed by atoms with van der Waals surface area (Å²) in [6.45, 7) is 0.562. The third kappa shape index (κ3) is 3.33. The molecular formula is C13H12N4O2.